The highest BCUT2D eigenvalue weighted by atomic mass is 32.1. The predicted octanol–water partition coefficient (Wildman–Crippen LogP) is 3.79. The lowest BCUT2D eigenvalue weighted by atomic mass is 9.96. The number of hydrogen-bond acceptors (Lipinski definition) is 8. The molecule has 0 spiro atoms. The molecule has 0 amide bonds. The number of alkyl halides is 3. The molecule has 0 saturated carbocycles. The standard InChI is InChI=1S/C26H26F3N5O2S/c1-36-19-6-4-17(21(14-19)26(27,28)29)13-20(16-5-7-22-18(12-16)15-31-33-22)23-24(35)32-25(37-23)30-8-11-34-9-2-3-10-34/h4-7,12,14-15,35H,2-3,8-11,13H2,1H3,(H,30,32). The van der Waals surface area contributed by atoms with E-state index in [0.29, 0.717) is 32.7 Å². The van der Waals surface area contributed by atoms with Crippen LogP contribution in [-0.4, -0.2) is 54.5 Å². The number of fused-ring (bicyclic) bond motifs is 1. The molecular formula is C26H26F3N5O2S. The number of methoxy groups -OCH3 is 1. The first kappa shape index (κ1) is 25.2. The van der Waals surface area contributed by atoms with Crippen molar-refractivity contribution in [3.8, 4) is 11.6 Å². The largest absolute Gasteiger partial charge is 0.497 e. The van der Waals surface area contributed by atoms with Crippen LogP contribution in [0.25, 0.3) is 5.57 Å². The lowest BCUT2D eigenvalue weighted by molar-refractivity contribution is -0.138. The molecule has 2 aromatic carbocycles. The summed E-state index contributed by atoms with van der Waals surface area (Å²) in [5, 5.41) is 23.9. The van der Waals surface area contributed by atoms with Crippen LogP contribution in [0, 0.1) is 0 Å². The van der Waals surface area contributed by atoms with Gasteiger partial charge in [0.2, 0.25) is 5.88 Å². The SMILES string of the molecule is COc1ccc(CC(c2sc(NCCN3CCCC3)nc2O)=c2ccc3c(c2)C=NN=3)c(C(F)(F)F)c1. The number of halogens is 3. The molecule has 2 aliphatic heterocycles. The maximum Gasteiger partial charge on any atom is 0.416 e. The zero-order valence-corrected chi connectivity index (χ0v) is 21.0. The van der Waals surface area contributed by atoms with E-state index in [2.05, 4.69) is 25.4 Å². The second kappa shape index (κ2) is 10.5. The summed E-state index contributed by atoms with van der Waals surface area (Å²) in [6, 6.07) is 9.29. The maximum absolute atomic E-state index is 14.0. The van der Waals surface area contributed by atoms with E-state index in [9.17, 15) is 18.3 Å². The Hall–Kier alpha value is -3.44. The van der Waals surface area contributed by atoms with E-state index in [1.165, 1.54) is 43.4 Å². The Morgan fingerprint density at radius 3 is 2.73 bits per heavy atom. The van der Waals surface area contributed by atoms with E-state index in [0.717, 1.165) is 31.3 Å². The molecule has 3 heterocycles. The molecule has 0 unspecified atom stereocenters. The molecule has 5 rings (SSSR count). The number of benzene rings is 2. The Kier molecular flexibility index (Phi) is 7.16. The smallest absolute Gasteiger partial charge is 0.416 e. The molecule has 194 valence electrons. The topological polar surface area (TPSA) is 82.3 Å². The van der Waals surface area contributed by atoms with Gasteiger partial charge in [0.1, 0.15) is 5.75 Å². The molecule has 7 nitrogen and oxygen atoms in total. The normalized spacial score (nSPS) is 16.0. The van der Waals surface area contributed by atoms with Gasteiger partial charge in [0.05, 0.1) is 29.1 Å². The van der Waals surface area contributed by atoms with E-state index >= 15 is 0 Å². The van der Waals surface area contributed by atoms with Crippen LogP contribution in [0.3, 0.4) is 0 Å². The third-order valence-corrected chi connectivity index (χ3v) is 7.58. The van der Waals surface area contributed by atoms with Gasteiger partial charge >= 0.3 is 6.18 Å². The summed E-state index contributed by atoms with van der Waals surface area (Å²) in [5.41, 5.74) is 0.573. The zero-order valence-electron chi connectivity index (χ0n) is 20.2. The molecule has 0 radical (unpaired) electrons. The van der Waals surface area contributed by atoms with Gasteiger partial charge in [-0.25, -0.2) is 0 Å². The number of rotatable bonds is 8. The number of likely N-dealkylation sites (tertiary alicyclic amines) is 1. The Balaban J connectivity index is 1.54. The number of aromatic nitrogens is 1. The third-order valence-electron chi connectivity index (χ3n) is 6.51. The molecule has 0 atom stereocenters. The van der Waals surface area contributed by atoms with Gasteiger partial charge in [-0.3, -0.25) is 0 Å². The van der Waals surface area contributed by atoms with Crippen LogP contribution in [0.15, 0.2) is 46.6 Å². The average molecular weight is 530 g/mol. The summed E-state index contributed by atoms with van der Waals surface area (Å²) >= 11 is 1.23. The van der Waals surface area contributed by atoms with Gasteiger partial charge in [-0.2, -0.15) is 28.4 Å². The molecule has 11 heteroatoms. The van der Waals surface area contributed by atoms with Crippen molar-refractivity contribution in [3.05, 3.63) is 68.5 Å². The highest BCUT2D eigenvalue weighted by molar-refractivity contribution is 7.16. The molecule has 1 fully saturated rings. The van der Waals surface area contributed by atoms with Crippen LogP contribution in [0.2, 0.25) is 0 Å². The van der Waals surface area contributed by atoms with Gasteiger partial charge in [-0.1, -0.05) is 23.5 Å². The minimum Gasteiger partial charge on any atom is -0.497 e. The maximum atomic E-state index is 14.0. The highest BCUT2D eigenvalue weighted by Crippen LogP contribution is 2.39. The first-order chi connectivity index (χ1) is 17.8. The van der Waals surface area contributed by atoms with Gasteiger partial charge in [-0.05, 0) is 66.6 Å². The quantitative estimate of drug-likeness (QED) is 0.464. The predicted molar refractivity (Wildman–Crippen MR) is 137 cm³/mol. The fraction of sp³-hybridized carbons (Fsp3) is 0.346. The van der Waals surface area contributed by atoms with E-state index < -0.39 is 11.7 Å². The number of nitrogens with one attached hydrogen (secondary N) is 1. The number of ether oxygens (including phenoxy) is 1. The van der Waals surface area contributed by atoms with Crippen LogP contribution in [0.5, 0.6) is 11.6 Å². The third kappa shape index (κ3) is 5.62. The van der Waals surface area contributed by atoms with E-state index in [1.807, 2.05) is 6.07 Å². The van der Waals surface area contributed by atoms with Crippen molar-refractivity contribution >= 4 is 28.3 Å². The van der Waals surface area contributed by atoms with Crippen molar-refractivity contribution in [1.82, 2.24) is 9.88 Å². The molecule has 0 bridgehead atoms. The number of anilines is 1. The molecular weight excluding hydrogens is 503 g/mol. The van der Waals surface area contributed by atoms with Crippen molar-refractivity contribution in [3.63, 3.8) is 0 Å². The van der Waals surface area contributed by atoms with Gasteiger partial charge in [0, 0.05) is 25.1 Å². The summed E-state index contributed by atoms with van der Waals surface area (Å²) < 4.78 is 47.0. The minimum atomic E-state index is -4.57. The Morgan fingerprint density at radius 2 is 1.97 bits per heavy atom. The van der Waals surface area contributed by atoms with Crippen molar-refractivity contribution < 1.29 is 23.0 Å². The van der Waals surface area contributed by atoms with E-state index in [4.69, 9.17) is 4.74 Å². The number of hydrogen-bond donors (Lipinski definition) is 2. The van der Waals surface area contributed by atoms with Crippen molar-refractivity contribution in [2.24, 2.45) is 10.2 Å². The summed E-state index contributed by atoms with van der Waals surface area (Å²) in [5.74, 6) is -0.0947. The molecule has 3 aromatic rings. The Bertz CT molecular complexity index is 1450. The van der Waals surface area contributed by atoms with Crippen LogP contribution >= 0.6 is 11.3 Å². The van der Waals surface area contributed by atoms with Crippen molar-refractivity contribution in [1.29, 1.82) is 0 Å². The summed E-state index contributed by atoms with van der Waals surface area (Å²) in [7, 11) is 1.33. The van der Waals surface area contributed by atoms with Gasteiger partial charge in [-0.15, -0.1) is 0 Å². The van der Waals surface area contributed by atoms with Crippen molar-refractivity contribution in [2.45, 2.75) is 25.4 Å². The molecule has 0 aliphatic carbocycles. The zero-order chi connectivity index (χ0) is 26.0. The number of nitrogens with zero attached hydrogens (tertiary/aromatic N) is 4. The second-order valence-electron chi connectivity index (χ2n) is 8.94. The van der Waals surface area contributed by atoms with E-state index in [1.54, 1.807) is 18.3 Å². The van der Waals surface area contributed by atoms with Gasteiger partial charge < -0.3 is 20.1 Å². The molecule has 1 saturated heterocycles. The highest BCUT2D eigenvalue weighted by Gasteiger charge is 2.34. The van der Waals surface area contributed by atoms with Crippen LogP contribution in [0.4, 0.5) is 18.3 Å². The first-order valence-electron chi connectivity index (χ1n) is 12.0. The number of aromatic hydroxyl groups is 1. The lowest BCUT2D eigenvalue weighted by Gasteiger charge is -2.16. The average Bonchev–Trinajstić information content (AvgIpc) is 3.63. The van der Waals surface area contributed by atoms with Gasteiger partial charge in [0.25, 0.3) is 0 Å². The fourth-order valence-electron chi connectivity index (χ4n) is 4.61. The molecule has 37 heavy (non-hydrogen) atoms. The van der Waals surface area contributed by atoms with Gasteiger partial charge in [0.15, 0.2) is 5.13 Å². The fourth-order valence-corrected chi connectivity index (χ4v) is 5.56. The second-order valence-corrected chi connectivity index (χ2v) is 9.94. The van der Waals surface area contributed by atoms with Crippen LogP contribution in [0.1, 0.15) is 34.4 Å². The minimum absolute atomic E-state index is 0.0681. The Labute approximate surface area is 215 Å². The van der Waals surface area contributed by atoms with Crippen molar-refractivity contribution in [2.75, 3.05) is 38.6 Å². The summed E-state index contributed by atoms with van der Waals surface area (Å²) in [4.78, 5) is 7.05. The molecule has 1 aromatic heterocycles. The van der Waals surface area contributed by atoms with Crippen LogP contribution in [-0.2, 0) is 12.6 Å². The summed E-state index contributed by atoms with van der Waals surface area (Å²) in [6.07, 6.45) is -0.649. The first-order valence-corrected chi connectivity index (χ1v) is 12.8. The molecule has 2 aliphatic rings. The Morgan fingerprint density at radius 1 is 1.16 bits per heavy atom. The summed E-state index contributed by atoms with van der Waals surface area (Å²) in [6.45, 7) is 3.67. The lowest BCUT2D eigenvalue weighted by Crippen LogP contribution is -2.25. The van der Waals surface area contributed by atoms with Crippen LogP contribution < -0.4 is 20.6 Å². The monoisotopic (exact) mass is 529 g/mol. The number of thiazole rings is 1. The molecule has 2 N–H and O–H groups in total. The van der Waals surface area contributed by atoms with E-state index in [-0.39, 0.29) is 23.6 Å².